The van der Waals surface area contributed by atoms with Crippen molar-refractivity contribution in [3.63, 3.8) is 0 Å². The van der Waals surface area contributed by atoms with Crippen LogP contribution in [0.4, 0.5) is 5.69 Å². The summed E-state index contributed by atoms with van der Waals surface area (Å²) < 4.78 is 0. The van der Waals surface area contributed by atoms with Crippen molar-refractivity contribution < 1.29 is 4.79 Å². The van der Waals surface area contributed by atoms with E-state index in [-0.39, 0.29) is 5.91 Å². The van der Waals surface area contributed by atoms with E-state index >= 15 is 0 Å². The zero-order valence-electron chi connectivity index (χ0n) is 12.1. The van der Waals surface area contributed by atoms with Crippen molar-refractivity contribution >= 4 is 11.6 Å². The first-order valence-corrected chi connectivity index (χ1v) is 7.43. The van der Waals surface area contributed by atoms with Gasteiger partial charge in [-0.05, 0) is 37.1 Å². The second-order valence-electron chi connectivity index (χ2n) is 5.37. The lowest BCUT2D eigenvalue weighted by Gasteiger charge is -2.10. The monoisotopic (exact) mass is 284 g/mol. The number of amides is 1. The predicted octanol–water partition coefficient (Wildman–Crippen LogP) is 2.65. The van der Waals surface area contributed by atoms with Crippen LogP contribution in [0.25, 0.3) is 0 Å². The molecule has 1 fully saturated rings. The number of nitrogens with zero attached hydrogens (tertiary/aromatic N) is 1. The van der Waals surface area contributed by atoms with Crippen molar-refractivity contribution in [3.05, 3.63) is 47.3 Å². The van der Waals surface area contributed by atoms with E-state index < -0.39 is 0 Å². The lowest BCUT2D eigenvalue weighted by Crippen LogP contribution is -2.17. The third-order valence-corrected chi connectivity index (χ3v) is 3.68. The molecule has 3 N–H and O–H groups in total. The van der Waals surface area contributed by atoms with Gasteiger partial charge in [-0.15, -0.1) is 0 Å². The Morgan fingerprint density at radius 2 is 2.19 bits per heavy atom. The highest BCUT2D eigenvalue weighted by Crippen LogP contribution is 2.39. The molecule has 1 aliphatic rings. The highest BCUT2D eigenvalue weighted by atomic mass is 16.1. The maximum atomic E-state index is 12.3. The van der Waals surface area contributed by atoms with Crippen molar-refractivity contribution in [2.24, 2.45) is 0 Å². The molecule has 21 heavy (non-hydrogen) atoms. The second kappa shape index (κ2) is 6.10. The summed E-state index contributed by atoms with van der Waals surface area (Å²) in [6, 6.07) is 9.69. The number of para-hydroxylation sites is 1. The molecule has 0 unspecified atom stereocenters. The molecule has 1 aromatic heterocycles. The fourth-order valence-corrected chi connectivity index (χ4v) is 2.30. The number of anilines is 1. The van der Waals surface area contributed by atoms with Gasteiger partial charge in [0.1, 0.15) is 0 Å². The SMILES string of the molecule is CCNCc1ccccc1NC(=O)c1cc(C2CC2)[nH]n1. The van der Waals surface area contributed by atoms with E-state index in [9.17, 15) is 4.79 Å². The molecule has 1 heterocycles. The van der Waals surface area contributed by atoms with Crippen LogP contribution < -0.4 is 10.6 Å². The zero-order valence-corrected chi connectivity index (χ0v) is 12.1. The van der Waals surface area contributed by atoms with Crippen LogP contribution in [0.5, 0.6) is 0 Å². The van der Waals surface area contributed by atoms with Crippen molar-refractivity contribution in [3.8, 4) is 0 Å². The van der Waals surface area contributed by atoms with Gasteiger partial charge in [0.2, 0.25) is 0 Å². The van der Waals surface area contributed by atoms with Crippen LogP contribution >= 0.6 is 0 Å². The molecule has 110 valence electrons. The third kappa shape index (κ3) is 3.31. The number of benzene rings is 1. The van der Waals surface area contributed by atoms with Gasteiger partial charge in [-0.1, -0.05) is 25.1 Å². The van der Waals surface area contributed by atoms with E-state index in [4.69, 9.17) is 0 Å². The van der Waals surface area contributed by atoms with E-state index in [1.54, 1.807) is 0 Å². The summed E-state index contributed by atoms with van der Waals surface area (Å²) in [7, 11) is 0. The van der Waals surface area contributed by atoms with Crippen molar-refractivity contribution in [1.82, 2.24) is 15.5 Å². The minimum absolute atomic E-state index is 0.165. The molecule has 5 nitrogen and oxygen atoms in total. The summed E-state index contributed by atoms with van der Waals surface area (Å²) in [5.41, 5.74) is 3.43. The van der Waals surface area contributed by atoms with E-state index in [1.807, 2.05) is 30.3 Å². The van der Waals surface area contributed by atoms with Crippen LogP contribution in [0, 0.1) is 0 Å². The highest BCUT2D eigenvalue weighted by molar-refractivity contribution is 6.03. The van der Waals surface area contributed by atoms with Crippen LogP contribution in [0.3, 0.4) is 0 Å². The Bertz CT molecular complexity index is 631. The second-order valence-corrected chi connectivity index (χ2v) is 5.37. The lowest BCUT2D eigenvalue weighted by atomic mass is 10.1. The predicted molar refractivity (Wildman–Crippen MR) is 82.3 cm³/mol. The maximum Gasteiger partial charge on any atom is 0.276 e. The zero-order chi connectivity index (χ0) is 14.7. The van der Waals surface area contributed by atoms with E-state index in [0.717, 1.165) is 30.0 Å². The summed E-state index contributed by atoms with van der Waals surface area (Å²) in [5.74, 6) is 0.405. The molecular weight excluding hydrogens is 264 g/mol. The topological polar surface area (TPSA) is 69.8 Å². The normalized spacial score (nSPS) is 14.1. The standard InChI is InChI=1S/C16H20N4O/c1-2-17-10-12-5-3-4-6-13(12)18-16(21)15-9-14(19-20-15)11-7-8-11/h3-6,9,11,17H,2,7-8,10H2,1H3,(H,18,21)(H,19,20). The van der Waals surface area contributed by atoms with Gasteiger partial charge in [-0.25, -0.2) is 0 Å². The molecule has 2 aromatic rings. The van der Waals surface area contributed by atoms with Gasteiger partial charge in [0.25, 0.3) is 5.91 Å². The number of hydrogen-bond donors (Lipinski definition) is 3. The molecule has 0 spiro atoms. The number of H-pyrrole nitrogens is 1. The fourth-order valence-electron chi connectivity index (χ4n) is 2.30. The van der Waals surface area contributed by atoms with E-state index in [0.29, 0.717) is 11.6 Å². The minimum Gasteiger partial charge on any atom is -0.320 e. The van der Waals surface area contributed by atoms with Crippen LogP contribution in [-0.4, -0.2) is 22.6 Å². The Kier molecular flexibility index (Phi) is 4.01. The van der Waals surface area contributed by atoms with Crippen LogP contribution in [0.1, 0.15) is 47.4 Å². The number of rotatable bonds is 6. The highest BCUT2D eigenvalue weighted by Gasteiger charge is 2.26. The first-order chi connectivity index (χ1) is 10.3. The molecular formula is C16H20N4O. The number of hydrogen-bond acceptors (Lipinski definition) is 3. The molecule has 1 amide bonds. The Balaban J connectivity index is 1.71. The molecule has 0 atom stereocenters. The molecule has 3 rings (SSSR count). The molecule has 5 heteroatoms. The van der Waals surface area contributed by atoms with Crippen molar-refractivity contribution in [1.29, 1.82) is 0 Å². The average molecular weight is 284 g/mol. The van der Waals surface area contributed by atoms with Gasteiger partial charge >= 0.3 is 0 Å². The Morgan fingerprint density at radius 3 is 2.95 bits per heavy atom. The summed E-state index contributed by atoms with van der Waals surface area (Å²) in [6.07, 6.45) is 2.38. The summed E-state index contributed by atoms with van der Waals surface area (Å²) in [6.45, 7) is 3.69. The quantitative estimate of drug-likeness (QED) is 0.763. The van der Waals surface area contributed by atoms with Gasteiger partial charge in [0, 0.05) is 23.8 Å². The Labute approximate surface area is 124 Å². The summed E-state index contributed by atoms with van der Waals surface area (Å²) in [5, 5.41) is 13.3. The van der Waals surface area contributed by atoms with Gasteiger partial charge in [-0.2, -0.15) is 5.10 Å². The fraction of sp³-hybridized carbons (Fsp3) is 0.375. The molecule has 0 radical (unpaired) electrons. The number of aromatic nitrogens is 2. The Morgan fingerprint density at radius 1 is 1.38 bits per heavy atom. The van der Waals surface area contributed by atoms with Gasteiger partial charge in [0.15, 0.2) is 5.69 Å². The molecule has 0 saturated heterocycles. The number of nitrogens with one attached hydrogen (secondary N) is 3. The first-order valence-electron chi connectivity index (χ1n) is 7.43. The number of aromatic amines is 1. The molecule has 0 aliphatic heterocycles. The molecule has 1 aromatic carbocycles. The van der Waals surface area contributed by atoms with Gasteiger partial charge < -0.3 is 10.6 Å². The van der Waals surface area contributed by atoms with Crippen LogP contribution in [-0.2, 0) is 6.54 Å². The van der Waals surface area contributed by atoms with Gasteiger partial charge in [-0.3, -0.25) is 9.89 Å². The van der Waals surface area contributed by atoms with Crippen LogP contribution in [0.2, 0.25) is 0 Å². The molecule has 0 bridgehead atoms. The minimum atomic E-state index is -0.165. The third-order valence-electron chi connectivity index (χ3n) is 3.68. The Hall–Kier alpha value is -2.14. The van der Waals surface area contributed by atoms with Crippen molar-refractivity contribution in [2.45, 2.75) is 32.2 Å². The number of carbonyl (C=O) groups is 1. The van der Waals surface area contributed by atoms with E-state index in [2.05, 4.69) is 27.8 Å². The molecule has 1 saturated carbocycles. The molecule has 1 aliphatic carbocycles. The largest absolute Gasteiger partial charge is 0.320 e. The average Bonchev–Trinajstić information content (AvgIpc) is 3.23. The van der Waals surface area contributed by atoms with Gasteiger partial charge in [0.05, 0.1) is 0 Å². The maximum absolute atomic E-state index is 12.3. The first kappa shape index (κ1) is 13.8. The van der Waals surface area contributed by atoms with E-state index in [1.165, 1.54) is 12.8 Å². The summed E-state index contributed by atoms with van der Waals surface area (Å²) in [4.78, 5) is 12.3. The van der Waals surface area contributed by atoms with Crippen LogP contribution in [0.15, 0.2) is 30.3 Å². The van der Waals surface area contributed by atoms with Crippen molar-refractivity contribution in [2.75, 3.05) is 11.9 Å². The smallest absolute Gasteiger partial charge is 0.276 e. The number of carbonyl (C=O) groups excluding carboxylic acids is 1. The lowest BCUT2D eigenvalue weighted by molar-refractivity contribution is 0.102. The summed E-state index contributed by atoms with van der Waals surface area (Å²) >= 11 is 0.